The maximum absolute atomic E-state index is 11.8. The van der Waals surface area contributed by atoms with Crippen LogP contribution in [0.1, 0.15) is 31.2 Å². The molecule has 1 atom stereocenters. The average molecular weight is 590 g/mol. The molecule has 0 bridgehead atoms. The number of hydrogen-bond acceptors (Lipinski definition) is 12. The smallest absolute Gasteiger partial charge is 0.323 e. The van der Waals surface area contributed by atoms with Gasteiger partial charge in [-0.3, -0.25) is 14.2 Å². The molecule has 3 aromatic heterocycles. The fourth-order valence-electron chi connectivity index (χ4n) is 3.95. The van der Waals surface area contributed by atoms with Gasteiger partial charge in [-0.2, -0.15) is 5.26 Å². The highest BCUT2D eigenvalue weighted by Gasteiger charge is 2.20. The number of ether oxygens (including phenoxy) is 4. The number of hydrogen-bond donors (Lipinski definition) is 3. The van der Waals surface area contributed by atoms with E-state index < -0.39 is 18.0 Å². The number of carboxylic acids is 1. The zero-order valence-corrected chi connectivity index (χ0v) is 23.0. The van der Waals surface area contributed by atoms with E-state index in [0.29, 0.717) is 47.3 Å². The van der Waals surface area contributed by atoms with E-state index in [1.165, 1.54) is 6.20 Å². The standard InChI is InChI=1S/C26H31N7O7.ClH/c27-14-17-1-3-22(29-15-17)33-16-30-20-13-21(24(32-25(20)33)31-18-5-7-37-8-6-18)39-11-9-38-10-12-40-26(36)19(28)2-4-23(34)35;/h1,3,13,15-16,18-19H,2,4-12,28H2,(H,31,32)(H,34,35);1H/t19-;/m0./s1. The van der Waals surface area contributed by atoms with Gasteiger partial charge in [0.25, 0.3) is 0 Å². The van der Waals surface area contributed by atoms with Crippen LogP contribution in [0.15, 0.2) is 30.7 Å². The lowest BCUT2D eigenvalue weighted by molar-refractivity contribution is -0.147. The van der Waals surface area contributed by atoms with Crippen molar-refractivity contribution in [1.82, 2.24) is 19.5 Å². The number of nitrogens with zero attached hydrogens (tertiary/aromatic N) is 5. The van der Waals surface area contributed by atoms with Gasteiger partial charge in [0, 0.05) is 37.9 Å². The number of fused-ring (bicyclic) bond motifs is 1. The lowest BCUT2D eigenvalue weighted by Crippen LogP contribution is -2.33. The molecular weight excluding hydrogens is 558 g/mol. The number of halogens is 1. The Morgan fingerprint density at radius 3 is 2.71 bits per heavy atom. The van der Waals surface area contributed by atoms with Crippen LogP contribution in [-0.2, 0) is 23.8 Å². The minimum Gasteiger partial charge on any atom is -0.487 e. The second-order valence-corrected chi connectivity index (χ2v) is 9.01. The van der Waals surface area contributed by atoms with Gasteiger partial charge in [-0.25, -0.2) is 15.0 Å². The number of imidazole rings is 1. The van der Waals surface area contributed by atoms with Gasteiger partial charge in [0.2, 0.25) is 0 Å². The van der Waals surface area contributed by atoms with Crippen LogP contribution in [0.3, 0.4) is 0 Å². The van der Waals surface area contributed by atoms with E-state index in [0.717, 1.165) is 12.8 Å². The third kappa shape index (κ3) is 8.98. The van der Waals surface area contributed by atoms with Crippen molar-refractivity contribution in [3.05, 3.63) is 36.3 Å². The Morgan fingerprint density at radius 1 is 1.22 bits per heavy atom. The van der Waals surface area contributed by atoms with E-state index in [2.05, 4.69) is 21.4 Å². The van der Waals surface area contributed by atoms with E-state index >= 15 is 0 Å². The molecule has 3 aromatic rings. The number of nitrogens with two attached hydrogens (primary N) is 1. The number of carboxylic acid groups (broad SMARTS) is 1. The summed E-state index contributed by atoms with van der Waals surface area (Å²) >= 11 is 0. The number of anilines is 1. The minimum atomic E-state index is -1.02. The molecule has 0 saturated carbocycles. The first-order valence-corrected chi connectivity index (χ1v) is 12.9. The number of aromatic nitrogens is 4. The third-order valence-corrected chi connectivity index (χ3v) is 6.10. The molecule has 1 saturated heterocycles. The number of rotatable bonds is 14. The molecule has 1 aliphatic heterocycles. The van der Waals surface area contributed by atoms with Crippen molar-refractivity contribution in [3.8, 4) is 17.6 Å². The number of carbonyl (C=O) groups excluding carboxylic acids is 1. The second kappa shape index (κ2) is 15.7. The fourth-order valence-corrected chi connectivity index (χ4v) is 3.95. The molecule has 14 nitrogen and oxygen atoms in total. The molecule has 15 heteroatoms. The highest BCUT2D eigenvalue weighted by atomic mass is 35.5. The largest absolute Gasteiger partial charge is 0.487 e. The Labute approximate surface area is 242 Å². The predicted octanol–water partition coefficient (Wildman–Crippen LogP) is 1.83. The Morgan fingerprint density at radius 2 is 2.00 bits per heavy atom. The Balaban J connectivity index is 0.00000462. The first kappa shape index (κ1) is 31.5. The van der Waals surface area contributed by atoms with Crippen molar-refractivity contribution in [2.45, 2.75) is 37.8 Å². The number of aliphatic carboxylic acids is 1. The van der Waals surface area contributed by atoms with Crippen LogP contribution in [0, 0.1) is 11.3 Å². The SMILES string of the molecule is Cl.N#Cc1ccc(-n2cnc3cc(OCCOCCOC(=O)[C@@H](N)CCC(=O)O)c(NC4CCOCC4)nc32)nc1. The molecule has 4 rings (SSSR count). The van der Waals surface area contributed by atoms with Gasteiger partial charge >= 0.3 is 11.9 Å². The first-order chi connectivity index (χ1) is 19.4. The molecule has 220 valence electrons. The topological polar surface area (TPSA) is 197 Å². The summed E-state index contributed by atoms with van der Waals surface area (Å²) in [7, 11) is 0. The van der Waals surface area contributed by atoms with E-state index in [9.17, 15) is 9.59 Å². The number of esters is 1. The van der Waals surface area contributed by atoms with Crippen LogP contribution in [0.25, 0.3) is 17.0 Å². The number of carbonyl (C=O) groups is 2. The molecule has 4 N–H and O–H groups in total. The predicted molar refractivity (Wildman–Crippen MR) is 148 cm³/mol. The summed E-state index contributed by atoms with van der Waals surface area (Å²) in [6.45, 7) is 1.87. The summed E-state index contributed by atoms with van der Waals surface area (Å²) in [6.07, 6.45) is 4.58. The van der Waals surface area contributed by atoms with Crippen LogP contribution >= 0.6 is 12.4 Å². The Bertz CT molecular complexity index is 1340. The summed E-state index contributed by atoms with van der Waals surface area (Å²) in [6, 6.07) is 6.45. The van der Waals surface area contributed by atoms with Crippen molar-refractivity contribution >= 4 is 41.3 Å². The van der Waals surface area contributed by atoms with Gasteiger partial charge in [0.1, 0.15) is 43.0 Å². The molecule has 0 aromatic carbocycles. The van der Waals surface area contributed by atoms with Crippen LogP contribution < -0.4 is 15.8 Å². The van der Waals surface area contributed by atoms with Gasteiger partial charge in [0.15, 0.2) is 17.2 Å². The summed E-state index contributed by atoms with van der Waals surface area (Å²) in [4.78, 5) is 36.0. The van der Waals surface area contributed by atoms with Crippen LogP contribution in [0.4, 0.5) is 5.82 Å². The maximum Gasteiger partial charge on any atom is 0.323 e. The maximum atomic E-state index is 11.8. The van der Waals surface area contributed by atoms with Crippen molar-refractivity contribution in [3.63, 3.8) is 0 Å². The second-order valence-electron chi connectivity index (χ2n) is 9.01. The molecule has 1 fully saturated rings. The van der Waals surface area contributed by atoms with Crippen LogP contribution in [-0.4, -0.2) is 88.3 Å². The third-order valence-electron chi connectivity index (χ3n) is 6.10. The first-order valence-electron chi connectivity index (χ1n) is 12.9. The van der Waals surface area contributed by atoms with E-state index in [1.54, 1.807) is 29.1 Å². The van der Waals surface area contributed by atoms with Crippen molar-refractivity contribution in [2.24, 2.45) is 5.73 Å². The molecule has 41 heavy (non-hydrogen) atoms. The van der Waals surface area contributed by atoms with Gasteiger partial charge in [-0.05, 0) is 31.4 Å². The zero-order chi connectivity index (χ0) is 28.3. The lowest BCUT2D eigenvalue weighted by atomic mass is 10.1. The van der Waals surface area contributed by atoms with E-state index in [-0.39, 0.29) is 57.7 Å². The summed E-state index contributed by atoms with van der Waals surface area (Å²) in [5.41, 5.74) is 7.26. The molecule has 0 aliphatic carbocycles. The number of nitriles is 1. The van der Waals surface area contributed by atoms with Crippen molar-refractivity contribution < 1.29 is 33.6 Å². The summed E-state index contributed by atoms with van der Waals surface area (Å²) < 4.78 is 23.7. The highest BCUT2D eigenvalue weighted by molar-refractivity contribution is 5.85. The van der Waals surface area contributed by atoms with Gasteiger partial charge in [-0.15, -0.1) is 12.4 Å². The lowest BCUT2D eigenvalue weighted by Gasteiger charge is -2.24. The van der Waals surface area contributed by atoms with Crippen molar-refractivity contribution in [1.29, 1.82) is 5.26 Å². The Kier molecular flexibility index (Phi) is 12.0. The van der Waals surface area contributed by atoms with Crippen LogP contribution in [0.2, 0.25) is 0 Å². The monoisotopic (exact) mass is 589 g/mol. The van der Waals surface area contributed by atoms with E-state index in [1.807, 2.05) is 0 Å². The molecule has 0 spiro atoms. The van der Waals surface area contributed by atoms with Crippen LogP contribution in [0.5, 0.6) is 5.75 Å². The molecule has 0 radical (unpaired) electrons. The Hall–Kier alpha value is -4.03. The molecule has 4 heterocycles. The van der Waals surface area contributed by atoms with Crippen molar-refractivity contribution in [2.75, 3.05) is 45.0 Å². The summed E-state index contributed by atoms with van der Waals surface area (Å²) in [5.74, 6) is -0.0455. The van der Waals surface area contributed by atoms with Gasteiger partial charge < -0.3 is 35.1 Å². The zero-order valence-electron chi connectivity index (χ0n) is 22.2. The molecule has 0 amide bonds. The highest BCUT2D eigenvalue weighted by Crippen LogP contribution is 2.29. The average Bonchev–Trinajstić information content (AvgIpc) is 3.38. The normalized spacial score (nSPS) is 14.0. The number of nitrogens with one attached hydrogen (secondary N) is 1. The fraction of sp³-hybridized carbons (Fsp3) is 0.462. The molecular formula is C26H32ClN7O7. The van der Waals surface area contributed by atoms with Gasteiger partial charge in [0.05, 0.1) is 18.8 Å². The summed E-state index contributed by atoms with van der Waals surface area (Å²) in [5, 5.41) is 21.2. The minimum absolute atomic E-state index is 0. The van der Waals surface area contributed by atoms with E-state index in [4.69, 9.17) is 40.0 Å². The molecule has 1 aliphatic rings. The van der Waals surface area contributed by atoms with Gasteiger partial charge in [-0.1, -0.05) is 0 Å². The number of pyridine rings is 2. The molecule has 0 unspecified atom stereocenters. The quantitative estimate of drug-likeness (QED) is 0.182.